The molecular formula is C26H32N2OS. The van der Waals surface area contributed by atoms with Crippen molar-refractivity contribution in [2.75, 3.05) is 33.2 Å². The molecule has 2 heterocycles. The van der Waals surface area contributed by atoms with Gasteiger partial charge in [-0.1, -0.05) is 23.8 Å². The smallest absolute Gasteiger partial charge is 0.254 e. The van der Waals surface area contributed by atoms with Gasteiger partial charge in [0.15, 0.2) is 0 Å². The molecule has 0 spiro atoms. The van der Waals surface area contributed by atoms with Crippen LogP contribution >= 0.6 is 11.3 Å². The number of hydrogen-bond acceptors (Lipinski definition) is 3. The van der Waals surface area contributed by atoms with E-state index >= 15 is 0 Å². The second kappa shape index (κ2) is 8.91. The van der Waals surface area contributed by atoms with Gasteiger partial charge in [0.05, 0.1) is 0 Å². The van der Waals surface area contributed by atoms with Gasteiger partial charge in [-0.15, -0.1) is 11.3 Å². The monoisotopic (exact) mass is 420 g/mol. The van der Waals surface area contributed by atoms with Crippen molar-refractivity contribution in [1.29, 1.82) is 0 Å². The van der Waals surface area contributed by atoms with Crippen LogP contribution in [0.3, 0.4) is 0 Å². The summed E-state index contributed by atoms with van der Waals surface area (Å²) in [6.45, 7) is 10.2. The molecular weight excluding hydrogens is 388 g/mol. The van der Waals surface area contributed by atoms with Gasteiger partial charge in [0, 0.05) is 29.9 Å². The number of thiophene rings is 1. The molecule has 0 saturated carbocycles. The fourth-order valence-electron chi connectivity index (χ4n) is 4.47. The largest absolute Gasteiger partial charge is 0.338 e. The van der Waals surface area contributed by atoms with Crippen molar-refractivity contribution < 1.29 is 4.79 Å². The topological polar surface area (TPSA) is 23.6 Å². The molecule has 0 bridgehead atoms. The highest BCUT2D eigenvalue weighted by atomic mass is 32.1. The van der Waals surface area contributed by atoms with Crippen LogP contribution in [0.1, 0.15) is 44.6 Å². The van der Waals surface area contributed by atoms with Gasteiger partial charge in [0.25, 0.3) is 5.91 Å². The van der Waals surface area contributed by atoms with Crippen molar-refractivity contribution in [1.82, 2.24) is 9.80 Å². The number of fused-ring (bicyclic) bond motifs is 2. The standard InChI is InChI=1S/C26H32N2OS/c1-18-6-9-25-24(16-18)21(17-30-25)10-14-27(4)12-5-13-28-15-11-22-20(3)19(2)7-8-23(22)26(28)29/h6-9,16-17H,5,10-15H2,1-4H3. The highest BCUT2D eigenvalue weighted by Crippen LogP contribution is 2.27. The number of benzene rings is 2. The highest BCUT2D eigenvalue weighted by molar-refractivity contribution is 7.17. The molecule has 0 atom stereocenters. The Hall–Kier alpha value is -2.17. The van der Waals surface area contributed by atoms with E-state index in [-0.39, 0.29) is 5.91 Å². The molecule has 2 aromatic carbocycles. The van der Waals surface area contributed by atoms with Gasteiger partial charge in [-0.2, -0.15) is 0 Å². The summed E-state index contributed by atoms with van der Waals surface area (Å²) in [5, 5.41) is 3.72. The van der Waals surface area contributed by atoms with Crippen molar-refractivity contribution in [2.24, 2.45) is 0 Å². The molecule has 3 nitrogen and oxygen atoms in total. The minimum absolute atomic E-state index is 0.210. The van der Waals surface area contributed by atoms with Crippen molar-refractivity contribution in [3.05, 3.63) is 69.1 Å². The maximum absolute atomic E-state index is 12.9. The molecule has 30 heavy (non-hydrogen) atoms. The predicted molar refractivity (Wildman–Crippen MR) is 128 cm³/mol. The summed E-state index contributed by atoms with van der Waals surface area (Å²) in [6.07, 6.45) is 3.08. The number of nitrogens with zero attached hydrogens (tertiary/aromatic N) is 2. The summed E-state index contributed by atoms with van der Waals surface area (Å²) in [7, 11) is 2.19. The second-order valence-corrected chi connectivity index (χ2v) is 9.65. The Morgan fingerprint density at radius 2 is 1.93 bits per heavy atom. The van der Waals surface area contributed by atoms with E-state index in [2.05, 4.69) is 62.4 Å². The summed E-state index contributed by atoms with van der Waals surface area (Å²) < 4.78 is 1.38. The number of carbonyl (C=O) groups excluding carboxylic acids is 1. The molecule has 0 saturated heterocycles. The van der Waals surface area contributed by atoms with Crippen LogP contribution in [0.15, 0.2) is 35.7 Å². The van der Waals surface area contributed by atoms with Crippen LogP contribution in [0, 0.1) is 20.8 Å². The Bertz CT molecular complexity index is 1070. The molecule has 0 radical (unpaired) electrons. The number of rotatable bonds is 7. The molecule has 1 aliphatic rings. The lowest BCUT2D eigenvalue weighted by Crippen LogP contribution is -2.39. The molecule has 1 aromatic heterocycles. The van der Waals surface area contributed by atoms with Crippen LogP contribution in [0.25, 0.3) is 10.1 Å². The van der Waals surface area contributed by atoms with E-state index in [1.165, 1.54) is 37.9 Å². The fraction of sp³-hybridized carbons (Fsp3) is 0.423. The van der Waals surface area contributed by atoms with E-state index in [1.807, 2.05) is 22.3 Å². The first-order chi connectivity index (χ1) is 14.4. The molecule has 4 heteroatoms. The lowest BCUT2D eigenvalue weighted by Gasteiger charge is -2.30. The zero-order valence-corrected chi connectivity index (χ0v) is 19.4. The van der Waals surface area contributed by atoms with Crippen molar-refractivity contribution in [3.63, 3.8) is 0 Å². The first-order valence-corrected chi connectivity index (χ1v) is 11.9. The summed E-state index contributed by atoms with van der Waals surface area (Å²) in [5.74, 6) is 0.210. The minimum atomic E-state index is 0.210. The third-order valence-corrected chi connectivity index (χ3v) is 7.57. The number of amides is 1. The molecule has 0 fully saturated rings. The van der Waals surface area contributed by atoms with Crippen LogP contribution in [-0.4, -0.2) is 48.9 Å². The van der Waals surface area contributed by atoms with Crippen LogP contribution in [0.2, 0.25) is 0 Å². The van der Waals surface area contributed by atoms with Crippen LogP contribution in [0.5, 0.6) is 0 Å². The Labute approximate surface area is 184 Å². The predicted octanol–water partition coefficient (Wildman–Crippen LogP) is 5.39. The lowest BCUT2D eigenvalue weighted by atomic mass is 9.91. The van der Waals surface area contributed by atoms with Crippen LogP contribution < -0.4 is 0 Å². The van der Waals surface area contributed by atoms with E-state index < -0.39 is 0 Å². The number of hydrogen-bond donors (Lipinski definition) is 0. The molecule has 0 N–H and O–H groups in total. The van der Waals surface area contributed by atoms with Gasteiger partial charge in [0.2, 0.25) is 0 Å². The maximum atomic E-state index is 12.9. The summed E-state index contributed by atoms with van der Waals surface area (Å²) >= 11 is 1.84. The molecule has 158 valence electrons. The average molecular weight is 421 g/mol. The molecule has 3 aromatic rings. The van der Waals surface area contributed by atoms with E-state index in [1.54, 1.807) is 0 Å². The van der Waals surface area contributed by atoms with E-state index in [9.17, 15) is 4.79 Å². The number of aryl methyl sites for hydroxylation is 2. The van der Waals surface area contributed by atoms with Crippen LogP contribution in [-0.2, 0) is 12.8 Å². The quantitative estimate of drug-likeness (QED) is 0.512. The Kier molecular flexibility index (Phi) is 6.26. The fourth-order valence-corrected chi connectivity index (χ4v) is 5.45. The number of carbonyl (C=O) groups is 1. The van der Waals surface area contributed by atoms with Gasteiger partial charge in [-0.05, 0) is 98.8 Å². The minimum Gasteiger partial charge on any atom is -0.338 e. The number of likely N-dealkylation sites (N-methyl/N-ethyl adjacent to an activating group) is 1. The average Bonchev–Trinajstić information content (AvgIpc) is 3.13. The van der Waals surface area contributed by atoms with Gasteiger partial charge < -0.3 is 9.80 Å². The summed E-state index contributed by atoms with van der Waals surface area (Å²) in [5.41, 5.74) is 7.53. The summed E-state index contributed by atoms with van der Waals surface area (Å²) in [6, 6.07) is 10.8. The Morgan fingerprint density at radius 1 is 1.10 bits per heavy atom. The van der Waals surface area contributed by atoms with E-state index in [0.29, 0.717) is 0 Å². The summed E-state index contributed by atoms with van der Waals surface area (Å²) in [4.78, 5) is 17.3. The first-order valence-electron chi connectivity index (χ1n) is 11.0. The van der Waals surface area contributed by atoms with Crippen molar-refractivity contribution in [3.8, 4) is 0 Å². The van der Waals surface area contributed by atoms with E-state index in [0.717, 1.165) is 51.0 Å². The first kappa shape index (κ1) is 21.1. The molecule has 1 amide bonds. The van der Waals surface area contributed by atoms with E-state index in [4.69, 9.17) is 0 Å². The Balaban J connectivity index is 1.27. The maximum Gasteiger partial charge on any atom is 0.254 e. The second-order valence-electron chi connectivity index (χ2n) is 8.74. The third kappa shape index (κ3) is 4.30. The van der Waals surface area contributed by atoms with Gasteiger partial charge in [0.1, 0.15) is 0 Å². The van der Waals surface area contributed by atoms with Gasteiger partial charge >= 0.3 is 0 Å². The Morgan fingerprint density at radius 3 is 2.77 bits per heavy atom. The molecule has 4 rings (SSSR count). The third-order valence-electron chi connectivity index (χ3n) is 6.56. The van der Waals surface area contributed by atoms with Gasteiger partial charge in [-0.3, -0.25) is 4.79 Å². The zero-order chi connectivity index (χ0) is 21.3. The zero-order valence-electron chi connectivity index (χ0n) is 18.6. The van der Waals surface area contributed by atoms with Crippen molar-refractivity contribution >= 4 is 27.3 Å². The SMILES string of the molecule is Cc1ccc2scc(CCN(C)CCCN3CCc4c(ccc(C)c4C)C3=O)c2c1. The van der Waals surface area contributed by atoms with Crippen molar-refractivity contribution in [2.45, 2.75) is 40.0 Å². The molecule has 0 aliphatic carbocycles. The molecule has 0 unspecified atom stereocenters. The van der Waals surface area contributed by atoms with Crippen LogP contribution in [0.4, 0.5) is 0 Å². The normalized spacial score (nSPS) is 14.0. The van der Waals surface area contributed by atoms with Gasteiger partial charge in [-0.25, -0.2) is 0 Å². The highest BCUT2D eigenvalue weighted by Gasteiger charge is 2.25. The lowest BCUT2D eigenvalue weighted by molar-refractivity contribution is 0.0733. The molecule has 1 aliphatic heterocycles.